The van der Waals surface area contributed by atoms with Crippen molar-refractivity contribution in [3.63, 3.8) is 0 Å². The van der Waals surface area contributed by atoms with E-state index in [1.165, 1.54) is 24.0 Å². The Morgan fingerprint density at radius 3 is 2.57 bits per heavy atom. The Kier molecular flexibility index (Phi) is 3.73. The summed E-state index contributed by atoms with van der Waals surface area (Å²) in [7, 11) is 0. The number of rotatable bonds is 3. The van der Waals surface area contributed by atoms with Crippen LogP contribution in [-0.2, 0) is 6.54 Å². The fraction of sp³-hybridized carbons (Fsp3) is 0.286. The molecule has 0 spiro atoms. The first-order valence-corrected chi connectivity index (χ1v) is 8.35. The van der Waals surface area contributed by atoms with Crippen LogP contribution in [0, 0.1) is 11.3 Å². The average molecular weight is 300 g/mol. The maximum Gasteiger partial charge on any atom is 0.0998 e. The molecule has 2 bridgehead atoms. The lowest BCUT2D eigenvalue weighted by Gasteiger charge is -2.34. The molecule has 23 heavy (non-hydrogen) atoms. The van der Waals surface area contributed by atoms with E-state index in [0.29, 0.717) is 12.1 Å². The van der Waals surface area contributed by atoms with Crippen molar-refractivity contribution in [3.05, 3.63) is 77.4 Å². The van der Waals surface area contributed by atoms with Gasteiger partial charge in [-0.25, -0.2) is 0 Å². The van der Waals surface area contributed by atoms with Crippen molar-refractivity contribution in [3.8, 4) is 6.07 Å². The molecule has 4 rings (SSSR count). The van der Waals surface area contributed by atoms with E-state index in [1.54, 1.807) is 0 Å². The van der Waals surface area contributed by atoms with Gasteiger partial charge in [0.2, 0.25) is 0 Å². The summed E-state index contributed by atoms with van der Waals surface area (Å²) in [6.45, 7) is 1.03. The van der Waals surface area contributed by atoms with Crippen LogP contribution in [-0.4, -0.2) is 17.0 Å². The Bertz CT molecular complexity index is 770. The van der Waals surface area contributed by atoms with Gasteiger partial charge in [-0.3, -0.25) is 4.90 Å². The van der Waals surface area contributed by atoms with Gasteiger partial charge < -0.3 is 0 Å². The minimum atomic E-state index is 0.510. The molecule has 1 fully saturated rings. The normalized spacial score (nSPS) is 23.3. The van der Waals surface area contributed by atoms with E-state index in [1.807, 2.05) is 18.2 Å². The molecule has 2 heterocycles. The predicted molar refractivity (Wildman–Crippen MR) is 92.5 cm³/mol. The lowest BCUT2D eigenvalue weighted by Crippen LogP contribution is -2.37. The predicted octanol–water partition coefficient (Wildman–Crippen LogP) is 4.38. The van der Waals surface area contributed by atoms with E-state index in [9.17, 15) is 5.26 Å². The zero-order valence-electron chi connectivity index (χ0n) is 13.2. The molecule has 1 saturated heterocycles. The molecule has 0 amide bonds. The number of nitriles is 1. The van der Waals surface area contributed by atoms with Crippen molar-refractivity contribution < 1.29 is 0 Å². The van der Waals surface area contributed by atoms with Crippen LogP contribution >= 0.6 is 0 Å². The van der Waals surface area contributed by atoms with Gasteiger partial charge in [-0.1, -0.05) is 54.6 Å². The highest BCUT2D eigenvalue weighted by atomic mass is 15.2. The third-order valence-corrected chi connectivity index (χ3v) is 5.14. The lowest BCUT2D eigenvalue weighted by molar-refractivity contribution is 0.203. The summed E-state index contributed by atoms with van der Waals surface area (Å²) in [4.78, 5) is 2.63. The number of benzene rings is 2. The van der Waals surface area contributed by atoms with E-state index in [-0.39, 0.29) is 0 Å². The molecule has 0 radical (unpaired) electrons. The Hall–Kier alpha value is -2.37. The molecule has 2 aliphatic heterocycles. The second kappa shape index (κ2) is 6.02. The molecular weight excluding hydrogens is 280 g/mol. The number of hydrogen-bond acceptors (Lipinski definition) is 2. The minimum Gasteiger partial charge on any atom is -0.289 e. The lowest BCUT2D eigenvalue weighted by atomic mass is 9.91. The van der Waals surface area contributed by atoms with Gasteiger partial charge in [-0.05, 0) is 42.0 Å². The summed E-state index contributed by atoms with van der Waals surface area (Å²) >= 11 is 0. The first kappa shape index (κ1) is 14.2. The quantitative estimate of drug-likeness (QED) is 0.841. The van der Waals surface area contributed by atoms with E-state index in [4.69, 9.17) is 0 Å². The molecule has 0 N–H and O–H groups in total. The summed E-state index contributed by atoms with van der Waals surface area (Å²) in [6, 6.07) is 22.2. The Balaban J connectivity index is 1.61. The summed E-state index contributed by atoms with van der Waals surface area (Å²) in [6.07, 6.45) is 5.95. The Morgan fingerprint density at radius 2 is 1.78 bits per heavy atom. The van der Waals surface area contributed by atoms with Crippen LogP contribution in [0.15, 0.2) is 60.7 Å². The highest BCUT2D eigenvalue weighted by Gasteiger charge is 2.36. The molecule has 2 atom stereocenters. The van der Waals surface area contributed by atoms with E-state index in [2.05, 4.69) is 53.4 Å². The van der Waals surface area contributed by atoms with E-state index in [0.717, 1.165) is 24.1 Å². The van der Waals surface area contributed by atoms with Crippen molar-refractivity contribution in [2.24, 2.45) is 0 Å². The fourth-order valence-corrected chi connectivity index (χ4v) is 4.02. The van der Waals surface area contributed by atoms with Crippen LogP contribution in [0.4, 0.5) is 0 Å². The SMILES string of the molecule is N#Cc1ccccc1C1=CC2CCC(C1)N2Cc1ccccc1. The summed E-state index contributed by atoms with van der Waals surface area (Å²) < 4.78 is 0. The van der Waals surface area contributed by atoms with Crippen molar-refractivity contribution in [1.29, 1.82) is 5.26 Å². The highest BCUT2D eigenvalue weighted by Crippen LogP contribution is 2.40. The summed E-state index contributed by atoms with van der Waals surface area (Å²) in [5.41, 5.74) is 4.68. The smallest absolute Gasteiger partial charge is 0.0998 e. The molecule has 2 aliphatic rings. The zero-order valence-corrected chi connectivity index (χ0v) is 13.2. The monoisotopic (exact) mass is 300 g/mol. The van der Waals surface area contributed by atoms with Crippen LogP contribution in [0.5, 0.6) is 0 Å². The van der Waals surface area contributed by atoms with Crippen LogP contribution in [0.25, 0.3) is 5.57 Å². The van der Waals surface area contributed by atoms with Gasteiger partial charge in [0.05, 0.1) is 11.6 Å². The standard InChI is InChI=1S/C21H20N2/c22-14-17-8-4-5-9-21(17)18-12-19-10-11-20(13-18)23(19)15-16-6-2-1-3-7-16/h1-9,12,19-20H,10-11,13,15H2. The van der Waals surface area contributed by atoms with Gasteiger partial charge in [-0.2, -0.15) is 5.26 Å². The van der Waals surface area contributed by atoms with Crippen LogP contribution in [0.1, 0.15) is 36.0 Å². The summed E-state index contributed by atoms with van der Waals surface area (Å²) in [5.74, 6) is 0. The molecule has 0 saturated carbocycles. The molecule has 2 nitrogen and oxygen atoms in total. The van der Waals surface area contributed by atoms with Crippen molar-refractivity contribution in [2.45, 2.75) is 37.9 Å². The topological polar surface area (TPSA) is 27.0 Å². The minimum absolute atomic E-state index is 0.510. The molecule has 0 aromatic heterocycles. The molecule has 114 valence electrons. The van der Waals surface area contributed by atoms with Crippen molar-refractivity contribution in [2.75, 3.05) is 0 Å². The first-order chi connectivity index (χ1) is 11.3. The zero-order chi connectivity index (χ0) is 15.6. The number of hydrogen-bond donors (Lipinski definition) is 0. The maximum atomic E-state index is 9.36. The van der Waals surface area contributed by atoms with E-state index < -0.39 is 0 Å². The van der Waals surface area contributed by atoms with Crippen molar-refractivity contribution in [1.82, 2.24) is 4.90 Å². The number of nitrogens with zero attached hydrogens (tertiary/aromatic N) is 2. The third kappa shape index (κ3) is 2.69. The molecule has 2 aromatic carbocycles. The van der Waals surface area contributed by atoms with Gasteiger partial charge >= 0.3 is 0 Å². The van der Waals surface area contributed by atoms with Gasteiger partial charge in [-0.15, -0.1) is 0 Å². The van der Waals surface area contributed by atoms with E-state index >= 15 is 0 Å². The largest absolute Gasteiger partial charge is 0.289 e. The van der Waals surface area contributed by atoms with Gasteiger partial charge in [0.25, 0.3) is 0 Å². The highest BCUT2D eigenvalue weighted by molar-refractivity contribution is 5.72. The Labute approximate surface area is 137 Å². The third-order valence-electron chi connectivity index (χ3n) is 5.14. The van der Waals surface area contributed by atoms with Gasteiger partial charge in [0.1, 0.15) is 0 Å². The second-order valence-electron chi connectivity index (χ2n) is 6.51. The van der Waals surface area contributed by atoms with Crippen molar-refractivity contribution >= 4 is 5.57 Å². The molecule has 0 aliphatic carbocycles. The fourth-order valence-electron chi connectivity index (χ4n) is 4.02. The van der Waals surface area contributed by atoms with Gasteiger partial charge in [0, 0.05) is 18.6 Å². The molecular formula is C21H20N2. The van der Waals surface area contributed by atoms with Crippen LogP contribution in [0.3, 0.4) is 0 Å². The molecule has 2 heteroatoms. The first-order valence-electron chi connectivity index (χ1n) is 8.35. The average Bonchev–Trinajstić information content (AvgIpc) is 2.84. The molecule has 2 unspecified atom stereocenters. The Morgan fingerprint density at radius 1 is 1.00 bits per heavy atom. The summed E-state index contributed by atoms with van der Waals surface area (Å²) in [5, 5.41) is 9.36. The van der Waals surface area contributed by atoms with Crippen LogP contribution < -0.4 is 0 Å². The number of fused-ring (bicyclic) bond motifs is 2. The molecule has 2 aromatic rings. The second-order valence-corrected chi connectivity index (χ2v) is 6.51. The van der Waals surface area contributed by atoms with Crippen LogP contribution in [0.2, 0.25) is 0 Å². The van der Waals surface area contributed by atoms with Gasteiger partial charge in [0.15, 0.2) is 0 Å². The maximum absolute atomic E-state index is 9.36.